The summed E-state index contributed by atoms with van der Waals surface area (Å²) in [7, 11) is -3.69. The van der Waals surface area contributed by atoms with Crippen molar-refractivity contribution in [1.29, 1.82) is 0 Å². The van der Waals surface area contributed by atoms with Crippen molar-refractivity contribution >= 4 is 16.0 Å². The third-order valence-electron chi connectivity index (χ3n) is 6.18. The molecule has 5 unspecified atom stereocenters. The second-order valence-corrected chi connectivity index (χ2v) is 9.65. The van der Waals surface area contributed by atoms with E-state index >= 15 is 0 Å². The molecule has 1 saturated carbocycles. The lowest BCUT2D eigenvalue weighted by molar-refractivity contribution is -0.138. The number of sulfonamides is 1. The van der Waals surface area contributed by atoms with Crippen LogP contribution in [0.25, 0.3) is 0 Å². The van der Waals surface area contributed by atoms with E-state index in [1.807, 2.05) is 13.0 Å². The van der Waals surface area contributed by atoms with E-state index in [9.17, 15) is 23.4 Å². The number of carbonyl (C=O) groups is 1. The molecule has 1 aliphatic heterocycles. The minimum atomic E-state index is -3.69. The van der Waals surface area contributed by atoms with Gasteiger partial charge in [0.05, 0.1) is 16.9 Å². The first-order valence-corrected chi connectivity index (χ1v) is 11.6. The standard InChI is InChI=1S/C22H25NO6S/c1-2-14(22(25)26)15-9-6-10-16-20-17(18(24)11-19(20)29-21(15)16)12-23-30(27,28)13-7-4-3-5-8-13/h3-10,14,17-20,23-24H,2,11-12H2,1H3,(H,25,26). The first-order valence-electron chi connectivity index (χ1n) is 10.1. The monoisotopic (exact) mass is 431 g/mol. The maximum Gasteiger partial charge on any atom is 0.311 e. The van der Waals surface area contributed by atoms with Crippen molar-refractivity contribution in [3.05, 3.63) is 59.7 Å². The Morgan fingerprint density at radius 3 is 2.60 bits per heavy atom. The Balaban J connectivity index is 1.60. The van der Waals surface area contributed by atoms with E-state index in [4.69, 9.17) is 4.74 Å². The zero-order valence-electron chi connectivity index (χ0n) is 16.6. The molecule has 2 aromatic rings. The predicted octanol–water partition coefficient (Wildman–Crippen LogP) is 2.47. The summed E-state index contributed by atoms with van der Waals surface area (Å²) in [5.74, 6) is -1.56. The maximum absolute atomic E-state index is 12.6. The lowest BCUT2D eigenvalue weighted by Crippen LogP contribution is -2.35. The Morgan fingerprint density at radius 1 is 1.20 bits per heavy atom. The lowest BCUT2D eigenvalue weighted by atomic mass is 9.85. The fraction of sp³-hybridized carbons (Fsp3) is 0.409. The van der Waals surface area contributed by atoms with E-state index in [0.29, 0.717) is 24.2 Å². The van der Waals surface area contributed by atoms with Gasteiger partial charge in [0.25, 0.3) is 0 Å². The molecule has 0 aromatic heterocycles. The number of aliphatic carboxylic acids is 1. The summed E-state index contributed by atoms with van der Waals surface area (Å²) in [6.45, 7) is 1.89. The van der Waals surface area contributed by atoms with Gasteiger partial charge in [0, 0.05) is 35.9 Å². The molecule has 0 saturated heterocycles. The zero-order chi connectivity index (χ0) is 21.5. The second-order valence-electron chi connectivity index (χ2n) is 7.88. The van der Waals surface area contributed by atoms with Crippen LogP contribution in [-0.2, 0) is 14.8 Å². The van der Waals surface area contributed by atoms with Crippen LogP contribution in [-0.4, -0.2) is 43.4 Å². The van der Waals surface area contributed by atoms with E-state index < -0.39 is 28.0 Å². The zero-order valence-corrected chi connectivity index (χ0v) is 17.4. The molecule has 0 radical (unpaired) electrons. The number of carboxylic acid groups (broad SMARTS) is 1. The normalized spacial score (nSPS) is 25.9. The molecule has 0 spiro atoms. The molecule has 1 heterocycles. The molecule has 30 heavy (non-hydrogen) atoms. The van der Waals surface area contributed by atoms with Crippen LogP contribution in [0.2, 0.25) is 0 Å². The minimum Gasteiger partial charge on any atom is -0.489 e. The summed E-state index contributed by atoms with van der Waals surface area (Å²) >= 11 is 0. The van der Waals surface area contributed by atoms with Crippen LogP contribution in [0.5, 0.6) is 5.75 Å². The molecule has 8 heteroatoms. The van der Waals surface area contributed by atoms with Gasteiger partial charge >= 0.3 is 5.97 Å². The number of benzene rings is 2. The minimum absolute atomic E-state index is 0.0721. The Morgan fingerprint density at radius 2 is 1.93 bits per heavy atom. The molecule has 2 aliphatic rings. The van der Waals surface area contributed by atoms with Gasteiger partial charge in [-0.15, -0.1) is 0 Å². The number of ether oxygens (including phenoxy) is 1. The highest BCUT2D eigenvalue weighted by atomic mass is 32.2. The topological polar surface area (TPSA) is 113 Å². The van der Waals surface area contributed by atoms with Gasteiger partial charge in [-0.3, -0.25) is 4.79 Å². The molecule has 0 bridgehead atoms. The molecule has 1 aliphatic carbocycles. The first-order chi connectivity index (χ1) is 14.3. The summed E-state index contributed by atoms with van der Waals surface area (Å²) in [5, 5.41) is 20.2. The highest BCUT2D eigenvalue weighted by molar-refractivity contribution is 7.89. The largest absolute Gasteiger partial charge is 0.489 e. The molecule has 7 nitrogen and oxygen atoms in total. The number of hydrogen-bond acceptors (Lipinski definition) is 5. The lowest BCUT2D eigenvalue weighted by Gasteiger charge is -2.22. The van der Waals surface area contributed by atoms with Crippen LogP contribution in [0.15, 0.2) is 53.4 Å². The van der Waals surface area contributed by atoms with Gasteiger partial charge < -0.3 is 14.9 Å². The Kier molecular flexibility index (Phi) is 5.57. The number of hydrogen-bond donors (Lipinski definition) is 3. The number of fused-ring (bicyclic) bond motifs is 3. The van der Waals surface area contributed by atoms with Gasteiger partial charge in [-0.05, 0) is 18.6 Å². The van der Waals surface area contributed by atoms with Crippen molar-refractivity contribution in [2.24, 2.45) is 5.92 Å². The van der Waals surface area contributed by atoms with Crippen molar-refractivity contribution < 1.29 is 28.2 Å². The van der Waals surface area contributed by atoms with E-state index in [-0.39, 0.29) is 29.4 Å². The highest BCUT2D eigenvalue weighted by Crippen LogP contribution is 2.52. The first kappa shape index (κ1) is 20.8. The fourth-order valence-electron chi connectivity index (χ4n) is 4.70. The molecule has 2 aromatic carbocycles. The molecule has 160 valence electrons. The van der Waals surface area contributed by atoms with Crippen LogP contribution < -0.4 is 9.46 Å². The van der Waals surface area contributed by atoms with Crippen molar-refractivity contribution in [3.63, 3.8) is 0 Å². The number of carboxylic acids is 1. The quantitative estimate of drug-likeness (QED) is 0.621. The van der Waals surface area contributed by atoms with Gasteiger partial charge in [0.2, 0.25) is 10.0 Å². The van der Waals surface area contributed by atoms with Crippen molar-refractivity contribution in [3.8, 4) is 5.75 Å². The van der Waals surface area contributed by atoms with Crippen molar-refractivity contribution in [2.45, 2.75) is 48.7 Å². The van der Waals surface area contributed by atoms with Gasteiger partial charge in [-0.2, -0.15) is 0 Å². The fourth-order valence-corrected chi connectivity index (χ4v) is 5.80. The summed E-state index contributed by atoms with van der Waals surface area (Å²) in [6.07, 6.45) is -0.196. The summed E-state index contributed by atoms with van der Waals surface area (Å²) in [5.41, 5.74) is 1.48. The number of aliphatic hydroxyl groups excluding tert-OH is 1. The maximum atomic E-state index is 12.6. The molecule has 5 atom stereocenters. The molecule has 4 rings (SSSR count). The van der Waals surface area contributed by atoms with Crippen LogP contribution in [0, 0.1) is 5.92 Å². The van der Waals surface area contributed by atoms with E-state index in [1.165, 1.54) is 12.1 Å². The Bertz CT molecular complexity index is 1040. The van der Waals surface area contributed by atoms with Gasteiger partial charge in [-0.25, -0.2) is 13.1 Å². The molecule has 0 amide bonds. The average molecular weight is 432 g/mol. The summed E-state index contributed by atoms with van der Waals surface area (Å²) in [6, 6.07) is 13.6. The number of aliphatic hydroxyl groups is 1. The van der Waals surface area contributed by atoms with Crippen LogP contribution in [0.4, 0.5) is 0 Å². The van der Waals surface area contributed by atoms with Crippen molar-refractivity contribution in [1.82, 2.24) is 4.72 Å². The summed E-state index contributed by atoms with van der Waals surface area (Å²) in [4.78, 5) is 11.8. The smallest absolute Gasteiger partial charge is 0.311 e. The average Bonchev–Trinajstić information content (AvgIpc) is 3.22. The number of nitrogens with one attached hydrogen (secondary N) is 1. The van der Waals surface area contributed by atoms with Crippen LogP contribution >= 0.6 is 0 Å². The molecule has 3 N–H and O–H groups in total. The SMILES string of the molecule is CCC(C(=O)O)c1cccc2c1OC1CC(O)C(CNS(=O)(=O)c3ccccc3)C21. The van der Waals surface area contributed by atoms with E-state index in [0.717, 1.165) is 5.56 Å². The van der Waals surface area contributed by atoms with E-state index in [1.54, 1.807) is 30.3 Å². The Hall–Kier alpha value is -2.42. The predicted molar refractivity (Wildman–Crippen MR) is 110 cm³/mol. The number of para-hydroxylation sites is 1. The van der Waals surface area contributed by atoms with Crippen LogP contribution in [0.3, 0.4) is 0 Å². The third kappa shape index (κ3) is 3.59. The van der Waals surface area contributed by atoms with Crippen molar-refractivity contribution in [2.75, 3.05) is 6.54 Å². The Labute approximate surface area is 175 Å². The third-order valence-corrected chi connectivity index (χ3v) is 7.62. The second kappa shape index (κ2) is 8.02. The molecule has 1 fully saturated rings. The van der Waals surface area contributed by atoms with Gasteiger partial charge in [0.1, 0.15) is 11.9 Å². The molecular formula is C22H25NO6S. The highest BCUT2D eigenvalue weighted by Gasteiger charge is 2.50. The van der Waals surface area contributed by atoms with Crippen LogP contribution in [0.1, 0.15) is 42.7 Å². The van der Waals surface area contributed by atoms with Gasteiger partial charge in [-0.1, -0.05) is 43.3 Å². The number of rotatable bonds is 7. The van der Waals surface area contributed by atoms with Gasteiger partial charge in [0.15, 0.2) is 0 Å². The van der Waals surface area contributed by atoms with E-state index in [2.05, 4.69) is 4.72 Å². The summed E-state index contributed by atoms with van der Waals surface area (Å²) < 4.78 is 33.9. The molecular weight excluding hydrogens is 406 g/mol.